The molecule has 3 N–H and O–H groups in total. The number of carboxylic acids is 3. The number of aliphatic carboxylic acids is 3. The van der Waals surface area contributed by atoms with Gasteiger partial charge in [0, 0.05) is 6.92 Å². The van der Waals surface area contributed by atoms with Crippen LogP contribution in [0.5, 0.6) is 0 Å². The van der Waals surface area contributed by atoms with E-state index in [4.69, 9.17) is 4.74 Å². The number of carbonyl (C=O) groups excluding carboxylic acids is 4. The predicted molar refractivity (Wildman–Crippen MR) is 118 cm³/mol. The van der Waals surface area contributed by atoms with E-state index in [1.54, 1.807) is 0 Å². The van der Waals surface area contributed by atoms with Gasteiger partial charge in [-0.2, -0.15) is 17.6 Å². The van der Waals surface area contributed by atoms with Crippen LogP contribution in [0.15, 0.2) is 0 Å². The lowest BCUT2D eigenvalue weighted by Crippen LogP contribution is -2.52. The van der Waals surface area contributed by atoms with Gasteiger partial charge in [-0.15, -0.1) is 0 Å². The van der Waals surface area contributed by atoms with Crippen LogP contribution in [-0.4, -0.2) is 88.1 Å². The fourth-order valence-electron chi connectivity index (χ4n) is 4.42. The lowest BCUT2D eigenvalue weighted by atomic mass is 9.67. The minimum absolute atomic E-state index is 0.531. The maximum Gasteiger partial charge on any atom is 0.369 e. The second-order valence-corrected chi connectivity index (χ2v) is 9.11. The van der Waals surface area contributed by atoms with Gasteiger partial charge in [0.1, 0.15) is 18.6 Å². The minimum atomic E-state index is -5.93. The van der Waals surface area contributed by atoms with Crippen molar-refractivity contribution in [1.29, 1.82) is 0 Å². The van der Waals surface area contributed by atoms with E-state index < -0.39 is 121 Å². The van der Waals surface area contributed by atoms with E-state index in [0.29, 0.717) is 0 Å². The third kappa shape index (κ3) is 7.67. The van der Waals surface area contributed by atoms with Gasteiger partial charge in [-0.25, -0.2) is 8.78 Å². The van der Waals surface area contributed by atoms with Crippen LogP contribution in [0.1, 0.15) is 27.2 Å². The number of carboxylic acid groups (broad SMARTS) is 3. The predicted octanol–water partition coefficient (Wildman–Crippen LogP) is 1.67. The number of cyclic esters (lactones) is 2. The van der Waals surface area contributed by atoms with E-state index in [9.17, 15) is 75.2 Å². The third-order valence-electron chi connectivity index (χ3n) is 6.46. The summed E-state index contributed by atoms with van der Waals surface area (Å²) in [5.74, 6) is -38.7. The summed E-state index contributed by atoms with van der Waals surface area (Å²) >= 11 is 0. The molecule has 1 aliphatic rings. The van der Waals surface area contributed by atoms with Crippen molar-refractivity contribution in [1.82, 2.24) is 0 Å². The molecular weight excluding hydrogens is 598 g/mol. The molecule has 7 unspecified atom stereocenters. The molecule has 1 rings (SSSR count). The molecule has 1 radical (unpaired) electrons. The summed E-state index contributed by atoms with van der Waals surface area (Å²) in [5.41, 5.74) is 0. The zero-order valence-electron chi connectivity index (χ0n) is 21.8. The third-order valence-corrected chi connectivity index (χ3v) is 6.46. The van der Waals surface area contributed by atoms with Crippen molar-refractivity contribution in [2.45, 2.75) is 51.6 Å². The molecule has 0 spiro atoms. The summed E-state index contributed by atoms with van der Waals surface area (Å²) in [4.78, 5) is 85.7. The van der Waals surface area contributed by atoms with E-state index in [0.717, 1.165) is 20.8 Å². The number of carbonyl (C=O) groups is 7. The first kappa shape index (κ1) is 36.1. The van der Waals surface area contributed by atoms with E-state index in [1.807, 2.05) is 0 Å². The van der Waals surface area contributed by atoms with Gasteiger partial charge >= 0.3 is 60.1 Å². The highest BCUT2D eigenvalue weighted by atomic mass is 19.3. The maximum absolute atomic E-state index is 13.6. The normalized spacial score (nSPS) is 21.1. The second-order valence-electron chi connectivity index (χ2n) is 9.11. The van der Waals surface area contributed by atoms with Crippen LogP contribution >= 0.6 is 0 Å². The lowest BCUT2D eigenvalue weighted by molar-refractivity contribution is -0.250. The van der Waals surface area contributed by atoms with Crippen molar-refractivity contribution in [3.05, 3.63) is 6.42 Å². The van der Waals surface area contributed by atoms with Gasteiger partial charge in [0.05, 0.1) is 36.0 Å². The summed E-state index contributed by atoms with van der Waals surface area (Å²) in [6.07, 6.45) is -8.23. The Balaban J connectivity index is 3.67. The molecule has 1 heterocycles. The van der Waals surface area contributed by atoms with Crippen LogP contribution in [0.4, 0.5) is 26.3 Å². The molecule has 7 atom stereocenters. The molecule has 19 heteroatoms. The molecule has 1 fully saturated rings. The van der Waals surface area contributed by atoms with E-state index in [1.165, 1.54) is 0 Å². The molecule has 1 saturated heterocycles. The van der Waals surface area contributed by atoms with Crippen LogP contribution < -0.4 is 0 Å². The number of hydrogen-bond donors (Lipinski definition) is 3. The molecule has 237 valence electrons. The first-order valence-electron chi connectivity index (χ1n) is 11.8. The Morgan fingerprint density at radius 3 is 1.81 bits per heavy atom. The van der Waals surface area contributed by atoms with Gasteiger partial charge in [0.25, 0.3) is 0 Å². The van der Waals surface area contributed by atoms with Gasteiger partial charge in [0.15, 0.2) is 0 Å². The van der Waals surface area contributed by atoms with Gasteiger partial charge in [-0.3, -0.25) is 33.6 Å². The lowest BCUT2D eigenvalue weighted by Gasteiger charge is -2.35. The quantitative estimate of drug-likeness (QED) is 0.0969. The Hall–Kier alpha value is -3.93. The summed E-state index contributed by atoms with van der Waals surface area (Å²) in [6, 6.07) is 0. The highest BCUT2D eigenvalue weighted by Crippen LogP contribution is 2.43. The SMILES string of the molecule is CCC(OC(C)=O)C(C(=O)OC[CH]C(F)(F)C(F)(F)C(F)F)C(C(=O)O)C(C(=O)O)C(C(=O)O)C1C(=O)OC(=O)C1C. The van der Waals surface area contributed by atoms with Crippen molar-refractivity contribution < 1.29 is 89.4 Å². The van der Waals surface area contributed by atoms with Gasteiger partial charge in [-0.1, -0.05) is 13.8 Å². The van der Waals surface area contributed by atoms with Crippen LogP contribution in [0, 0.1) is 41.9 Å². The Bertz CT molecular complexity index is 1090. The molecule has 0 aromatic rings. The zero-order valence-corrected chi connectivity index (χ0v) is 21.8. The first-order chi connectivity index (χ1) is 19.1. The Morgan fingerprint density at radius 2 is 1.45 bits per heavy atom. The number of halogens is 6. The monoisotopic (exact) mass is 623 g/mol. The fraction of sp³-hybridized carbons (Fsp3) is 0.652. The van der Waals surface area contributed by atoms with E-state index in [-0.39, 0.29) is 0 Å². The Morgan fingerprint density at radius 1 is 0.929 bits per heavy atom. The van der Waals surface area contributed by atoms with Crippen LogP contribution in [0.25, 0.3) is 0 Å². The van der Waals surface area contributed by atoms with E-state index in [2.05, 4.69) is 9.47 Å². The number of ether oxygens (including phenoxy) is 3. The molecular formula is C23H25F6O13. The smallest absolute Gasteiger partial charge is 0.369 e. The van der Waals surface area contributed by atoms with Gasteiger partial charge < -0.3 is 29.5 Å². The summed E-state index contributed by atoms with van der Waals surface area (Å²) < 4.78 is 91.9. The van der Waals surface area contributed by atoms with Crippen LogP contribution in [0.3, 0.4) is 0 Å². The Kier molecular flexibility index (Phi) is 11.9. The van der Waals surface area contributed by atoms with Gasteiger partial charge in [-0.05, 0) is 6.42 Å². The average molecular weight is 623 g/mol. The maximum atomic E-state index is 13.6. The van der Waals surface area contributed by atoms with Gasteiger partial charge in [0.2, 0.25) is 0 Å². The van der Waals surface area contributed by atoms with E-state index >= 15 is 0 Å². The largest absolute Gasteiger partial charge is 0.481 e. The first-order valence-corrected chi connectivity index (χ1v) is 11.8. The number of alkyl halides is 6. The van der Waals surface area contributed by atoms with Crippen LogP contribution in [0.2, 0.25) is 0 Å². The van der Waals surface area contributed by atoms with Crippen molar-refractivity contribution in [3.8, 4) is 0 Å². The number of esters is 4. The summed E-state index contributed by atoms with van der Waals surface area (Å²) in [6.45, 7) is 0.981. The molecule has 0 aromatic heterocycles. The topological polar surface area (TPSA) is 208 Å². The summed E-state index contributed by atoms with van der Waals surface area (Å²) in [5, 5.41) is 29.7. The van der Waals surface area contributed by atoms with Crippen molar-refractivity contribution in [3.63, 3.8) is 0 Å². The van der Waals surface area contributed by atoms with Crippen molar-refractivity contribution in [2.24, 2.45) is 35.5 Å². The highest BCUT2D eigenvalue weighted by molar-refractivity contribution is 6.00. The highest BCUT2D eigenvalue weighted by Gasteiger charge is 2.63. The number of hydrogen-bond acceptors (Lipinski definition) is 10. The molecule has 0 amide bonds. The molecule has 1 aliphatic heterocycles. The van der Waals surface area contributed by atoms with Crippen molar-refractivity contribution >= 4 is 41.8 Å². The fourth-order valence-corrected chi connectivity index (χ4v) is 4.42. The number of rotatable bonds is 16. The van der Waals surface area contributed by atoms with Crippen molar-refractivity contribution in [2.75, 3.05) is 6.61 Å². The second kappa shape index (κ2) is 13.8. The molecule has 0 saturated carbocycles. The molecule has 0 bridgehead atoms. The van der Waals surface area contributed by atoms with Crippen LogP contribution in [-0.2, 0) is 47.8 Å². The molecule has 0 aromatic carbocycles. The molecule has 13 nitrogen and oxygen atoms in total. The minimum Gasteiger partial charge on any atom is -0.481 e. The Labute approximate surface area is 232 Å². The molecule has 0 aliphatic carbocycles. The zero-order chi connectivity index (χ0) is 32.9. The standard InChI is InChI=1S/C23H25F6O13/c1-4-9(41-8(3)30)11(19(38)40-6-5-22(26,27)23(28,29)21(24)25)13(16(33)34)14(17(35)36)12(15(31)32)10-7(2)18(37)42-20(10)39/h5,7,9-14,21H,4,6H2,1-3H3,(H,31,32)(H,33,34)(H,35,36). The summed E-state index contributed by atoms with van der Waals surface area (Å²) in [7, 11) is 0. The molecule has 42 heavy (non-hydrogen) atoms. The average Bonchev–Trinajstić information content (AvgIpc) is 3.09.